The zero-order chi connectivity index (χ0) is 13.9. The van der Waals surface area contributed by atoms with Crippen molar-refractivity contribution in [1.82, 2.24) is 25.2 Å². The van der Waals surface area contributed by atoms with E-state index in [1.807, 2.05) is 6.92 Å². The minimum Gasteiger partial charge on any atom is -0.352 e. The number of rotatable bonds is 4. The van der Waals surface area contributed by atoms with Crippen molar-refractivity contribution in [3.8, 4) is 0 Å². The molecule has 20 heavy (non-hydrogen) atoms. The number of hydrogen-bond acceptors (Lipinski definition) is 4. The van der Waals surface area contributed by atoms with Crippen LogP contribution in [0.25, 0.3) is 5.65 Å². The summed E-state index contributed by atoms with van der Waals surface area (Å²) < 4.78 is 1.64. The van der Waals surface area contributed by atoms with E-state index in [-0.39, 0.29) is 5.91 Å². The molecule has 6 heteroatoms. The molecule has 1 fully saturated rings. The number of nitrogens with zero attached hydrogens (tertiary/aromatic N) is 3. The highest BCUT2D eigenvalue weighted by Crippen LogP contribution is 2.14. The highest BCUT2D eigenvalue weighted by molar-refractivity contribution is 6.00. The number of nitrogens with one attached hydrogen (secondary N) is 2. The number of amides is 1. The molecule has 1 aliphatic heterocycles. The van der Waals surface area contributed by atoms with Gasteiger partial charge in [-0.05, 0) is 44.8 Å². The van der Waals surface area contributed by atoms with Crippen molar-refractivity contribution in [2.75, 3.05) is 19.6 Å². The minimum absolute atomic E-state index is 0.0813. The maximum absolute atomic E-state index is 12.3. The van der Waals surface area contributed by atoms with Gasteiger partial charge in [0.1, 0.15) is 5.56 Å². The van der Waals surface area contributed by atoms with Crippen LogP contribution in [-0.2, 0) is 0 Å². The van der Waals surface area contributed by atoms with Crippen LogP contribution in [0.3, 0.4) is 0 Å². The van der Waals surface area contributed by atoms with Crippen molar-refractivity contribution in [2.45, 2.75) is 19.8 Å². The van der Waals surface area contributed by atoms with Gasteiger partial charge in [-0.2, -0.15) is 5.10 Å². The lowest BCUT2D eigenvalue weighted by Crippen LogP contribution is -2.27. The Morgan fingerprint density at radius 1 is 1.60 bits per heavy atom. The van der Waals surface area contributed by atoms with Gasteiger partial charge in [0.2, 0.25) is 0 Å². The molecule has 2 aromatic heterocycles. The lowest BCUT2D eigenvalue weighted by Gasteiger charge is -2.09. The van der Waals surface area contributed by atoms with Crippen LogP contribution in [-0.4, -0.2) is 40.1 Å². The number of carbonyl (C=O) groups is 1. The monoisotopic (exact) mass is 273 g/mol. The van der Waals surface area contributed by atoms with Crippen LogP contribution in [0.4, 0.5) is 0 Å². The van der Waals surface area contributed by atoms with E-state index >= 15 is 0 Å². The zero-order valence-electron chi connectivity index (χ0n) is 11.6. The Morgan fingerprint density at radius 3 is 3.30 bits per heavy atom. The Hall–Kier alpha value is -1.95. The molecule has 0 aromatic carbocycles. The highest BCUT2D eigenvalue weighted by Gasteiger charge is 2.19. The third-order valence-corrected chi connectivity index (χ3v) is 3.80. The fourth-order valence-electron chi connectivity index (χ4n) is 2.70. The van der Waals surface area contributed by atoms with E-state index in [0.717, 1.165) is 19.5 Å². The summed E-state index contributed by atoms with van der Waals surface area (Å²) in [4.78, 5) is 16.5. The molecule has 0 spiro atoms. The molecule has 0 radical (unpaired) electrons. The maximum Gasteiger partial charge on any atom is 0.257 e. The van der Waals surface area contributed by atoms with Crippen molar-refractivity contribution in [1.29, 1.82) is 0 Å². The molecule has 1 amide bonds. The lowest BCUT2D eigenvalue weighted by molar-refractivity contribution is 0.0952. The average molecular weight is 273 g/mol. The summed E-state index contributed by atoms with van der Waals surface area (Å²) in [5.41, 5.74) is 1.91. The predicted octanol–water partition coefficient (Wildman–Crippen LogP) is 0.767. The van der Waals surface area contributed by atoms with E-state index < -0.39 is 0 Å². The summed E-state index contributed by atoms with van der Waals surface area (Å²) in [7, 11) is 0. The van der Waals surface area contributed by atoms with E-state index in [0.29, 0.717) is 29.4 Å². The van der Waals surface area contributed by atoms with Crippen molar-refractivity contribution in [3.63, 3.8) is 0 Å². The molecular weight excluding hydrogens is 254 g/mol. The van der Waals surface area contributed by atoms with Gasteiger partial charge >= 0.3 is 0 Å². The van der Waals surface area contributed by atoms with Crippen LogP contribution in [0.1, 0.15) is 28.9 Å². The molecular formula is C14H19N5O. The third kappa shape index (κ3) is 2.51. The Balaban J connectivity index is 1.67. The molecule has 3 heterocycles. The average Bonchev–Trinajstić information content (AvgIpc) is 3.04. The summed E-state index contributed by atoms with van der Waals surface area (Å²) in [6, 6.07) is 1.80. The van der Waals surface area contributed by atoms with Crippen LogP contribution in [0.5, 0.6) is 0 Å². The minimum atomic E-state index is -0.0813. The predicted molar refractivity (Wildman–Crippen MR) is 75.7 cm³/mol. The Labute approximate surface area is 117 Å². The van der Waals surface area contributed by atoms with E-state index in [1.54, 1.807) is 23.0 Å². The van der Waals surface area contributed by atoms with Crippen molar-refractivity contribution < 1.29 is 4.79 Å². The molecule has 2 N–H and O–H groups in total. The second-order valence-corrected chi connectivity index (χ2v) is 5.25. The SMILES string of the molecule is Cc1nn2cccnc2c1C(=O)NCC[C@H]1CCNC1. The summed E-state index contributed by atoms with van der Waals surface area (Å²) in [6.45, 7) is 4.70. The molecule has 2 aromatic rings. The van der Waals surface area contributed by atoms with Gasteiger partial charge < -0.3 is 10.6 Å². The summed E-state index contributed by atoms with van der Waals surface area (Å²) in [6.07, 6.45) is 5.70. The van der Waals surface area contributed by atoms with Crippen LogP contribution in [0.2, 0.25) is 0 Å². The Kier molecular flexibility index (Phi) is 3.64. The number of fused-ring (bicyclic) bond motifs is 1. The Morgan fingerprint density at radius 2 is 2.50 bits per heavy atom. The van der Waals surface area contributed by atoms with Gasteiger partial charge in [-0.3, -0.25) is 4.79 Å². The smallest absolute Gasteiger partial charge is 0.257 e. The quantitative estimate of drug-likeness (QED) is 0.863. The van der Waals surface area contributed by atoms with E-state index in [1.165, 1.54) is 6.42 Å². The second kappa shape index (κ2) is 5.58. The highest BCUT2D eigenvalue weighted by atomic mass is 16.1. The number of aryl methyl sites for hydroxylation is 1. The molecule has 1 atom stereocenters. The number of aromatic nitrogens is 3. The maximum atomic E-state index is 12.3. The second-order valence-electron chi connectivity index (χ2n) is 5.25. The zero-order valence-corrected chi connectivity index (χ0v) is 11.6. The normalized spacial score (nSPS) is 18.6. The van der Waals surface area contributed by atoms with Gasteiger partial charge in [0.15, 0.2) is 5.65 Å². The molecule has 106 valence electrons. The van der Waals surface area contributed by atoms with Crippen LogP contribution in [0.15, 0.2) is 18.5 Å². The lowest BCUT2D eigenvalue weighted by atomic mass is 10.1. The molecule has 0 unspecified atom stereocenters. The molecule has 0 saturated carbocycles. The van der Waals surface area contributed by atoms with Crippen molar-refractivity contribution in [3.05, 3.63) is 29.7 Å². The van der Waals surface area contributed by atoms with Gasteiger partial charge in [-0.15, -0.1) is 0 Å². The molecule has 1 aliphatic rings. The first-order valence-electron chi connectivity index (χ1n) is 7.04. The van der Waals surface area contributed by atoms with Gasteiger partial charge in [-0.25, -0.2) is 9.50 Å². The number of hydrogen-bond donors (Lipinski definition) is 2. The first-order valence-corrected chi connectivity index (χ1v) is 7.04. The standard InChI is InChI=1S/C14H19N5O/c1-10-12(13-16-5-2-8-19(13)18-10)14(20)17-7-4-11-3-6-15-9-11/h2,5,8,11,15H,3-4,6-7,9H2,1H3,(H,17,20)/t11-/m1/s1. The summed E-state index contributed by atoms with van der Waals surface area (Å²) >= 11 is 0. The topological polar surface area (TPSA) is 71.3 Å². The van der Waals surface area contributed by atoms with Gasteiger partial charge in [0.05, 0.1) is 5.69 Å². The van der Waals surface area contributed by atoms with Crippen molar-refractivity contribution >= 4 is 11.6 Å². The van der Waals surface area contributed by atoms with E-state index in [9.17, 15) is 4.79 Å². The first-order chi connectivity index (χ1) is 9.75. The van der Waals surface area contributed by atoms with Crippen molar-refractivity contribution in [2.24, 2.45) is 5.92 Å². The fraction of sp³-hybridized carbons (Fsp3) is 0.500. The van der Waals surface area contributed by atoms with Gasteiger partial charge in [-0.1, -0.05) is 0 Å². The first kappa shape index (κ1) is 13.1. The third-order valence-electron chi connectivity index (χ3n) is 3.80. The van der Waals surface area contributed by atoms with E-state index in [4.69, 9.17) is 0 Å². The largest absolute Gasteiger partial charge is 0.352 e. The van der Waals surface area contributed by atoms with Gasteiger partial charge in [0, 0.05) is 18.9 Å². The fourth-order valence-corrected chi connectivity index (χ4v) is 2.70. The van der Waals surface area contributed by atoms with E-state index in [2.05, 4.69) is 20.7 Å². The van der Waals surface area contributed by atoms with Crippen LogP contribution >= 0.6 is 0 Å². The molecule has 3 rings (SSSR count). The molecule has 6 nitrogen and oxygen atoms in total. The van der Waals surface area contributed by atoms with Crippen LogP contribution in [0, 0.1) is 12.8 Å². The van der Waals surface area contributed by atoms with Crippen LogP contribution < -0.4 is 10.6 Å². The number of carbonyl (C=O) groups excluding carboxylic acids is 1. The molecule has 0 aliphatic carbocycles. The summed E-state index contributed by atoms with van der Waals surface area (Å²) in [5.74, 6) is 0.598. The molecule has 0 bridgehead atoms. The summed E-state index contributed by atoms with van der Waals surface area (Å²) in [5, 5.41) is 10.6. The Bertz CT molecular complexity index is 615. The molecule has 1 saturated heterocycles. The van der Waals surface area contributed by atoms with Gasteiger partial charge in [0.25, 0.3) is 5.91 Å².